The number of unbranched alkanes of at least 4 members (excludes halogenated alkanes) is 24. The van der Waals surface area contributed by atoms with Crippen molar-refractivity contribution in [2.75, 3.05) is 19.8 Å². The van der Waals surface area contributed by atoms with Crippen molar-refractivity contribution < 1.29 is 64.6 Å². The first-order chi connectivity index (χ1) is 32.6. The van der Waals surface area contributed by atoms with Crippen LogP contribution in [0, 0.1) is 0 Å². The van der Waals surface area contributed by atoms with Crippen molar-refractivity contribution in [2.45, 2.75) is 274 Å². The van der Waals surface area contributed by atoms with E-state index in [0.717, 1.165) is 44.9 Å². The van der Waals surface area contributed by atoms with Crippen LogP contribution in [0.1, 0.15) is 200 Å². The molecule has 14 nitrogen and oxygen atoms in total. The maximum atomic E-state index is 13.1. The van der Waals surface area contributed by atoms with E-state index < -0.39 is 86.8 Å². The fourth-order valence-corrected chi connectivity index (χ4v) is 8.68. The van der Waals surface area contributed by atoms with Crippen LogP contribution in [-0.4, -0.2) is 140 Å². The number of aliphatic hydroxyl groups is 8. The maximum absolute atomic E-state index is 13.1. The largest absolute Gasteiger partial charge is 0.394 e. The van der Waals surface area contributed by atoms with Crippen molar-refractivity contribution in [1.29, 1.82) is 0 Å². The van der Waals surface area contributed by atoms with Crippen LogP contribution in [0.15, 0.2) is 36.5 Å². The molecule has 12 unspecified atom stereocenters. The summed E-state index contributed by atoms with van der Waals surface area (Å²) in [4.78, 5) is 13.1. The summed E-state index contributed by atoms with van der Waals surface area (Å²) in [5.74, 6) is -0.259. The first-order valence-corrected chi connectivity index (χ1v) is 26.7. The number of rotatable bonds is 41. The molecule has 0 bridgehead atoms. The van der Waals surface area contributed by atoms with Crippen LogP contribution in [0.4, 0.5) is 0 Å². The van der Waals surface area contributed by atoms with E-state index in [-0.39, 0.29) is 18.9 Å². The predicted octanol–water partition coefficient (Wildman–Crippen LogP) is 7.49. The standard InChI is InChI=1S/C53H97NO13/c1-3-5-7-9-11-13-14-15-16-17-18-19-20-21-22-23-24-25-26-27-28-29-30-32-34-36-42(57)41(54-45(58)37-35-33-31-12-10-8-6-4-2)40-64-52-50(63)48(61)51(44(39-56)66-52)67-53-49(62)47(60)46(59)43(38-55)65-53/h24-25,28-29,34,36,41-44,46-53,55-57,59-63H,3-23,26-27,30-33,35,37-40H2,1-2H3,(H,54,58)/b25-24+,29-28+,36-34+. The second-order valence-corrected chi connectivity index (χ2v) is 19.0. The zero-order valence-corrected chi connectivity index (χ0v) is 41.6. The van der Waals surface area contributed by atoms with Gasteiger partial charge in [-0.25, -0.2) is 0 Å². The molecule has 0 aromatic heterocycles. The summed E-state index contributed by atoms with van der Waals surface area (Å²) in [5, 5.41) is 86.6. The summed E-state index contributed by atoms with van der Waals surface area (Å²) in [6.45, 7) is 2.72. The summed E-state index contributed by atoms with van der Waals surface area (Å²) in [5.41, 5.74) is 0. The molecule has 9 N–H and O–H groups in total. The Bertz CT molecular complexity index is 1270. The first-order valence-electron chi connectivity index (χ1n) is 26.7. The van der Waals surface area contributed by atoms with Gasteiger partial charge in [-0.2, -0.15) is 0 Å². The molecule has 2 saturated heterocycles. The molecule has 2 rings (SSSR count). The number of amides is 1. The Labute approximate surface area is 404 Å². The van der Waals surface area contributed by atoms with Gasteiger partial charge in [0.2, 0.25) is 5.91 Å². The molecule has 0 spiro atoms. The van der Waals surface area contributed by atoms with Crippen molar-refractivity contribution in [3.05, 3.63) is 36.5 Å². The van der Waals surface area contributed by atoms with Gasteiger partial charge in [0.05, 0.1) is 32.0 Å². The van der Waals surface area contributed by atoms with E-state index in [4.69, 9.17) is 18.9 Å². The highest BCUT2D eigenvalue weighted by atomic mass is 16.7. The first kappa shape index (κ1) is 61.3. The Morgan fingerprint density at radius 3 is 1.46 bits per heavy atom. The quantitative estimate of drug-likeness (QED) is 0.0214. The average molecular weight is 956 g/mol. The minimum Gasteiger partial charge on any atom is -0.394 e. The third-order valence-electron chi connectivity index (χ3n) is 13.1. The second kappa shape index (κ2) is 39.9. The number of nitrogens with one attached hydrogen (secondary N) is 1. The monoisotopic (exact) mass is 956 g/mol. The smallest absolute Gasteiger partial charge is 0.220 e. The van der Waals surface area contributed by atoms with Crippen molar-refractivity contribution in [3.63, 3.8) is 0 Å². The molecule has 0 aromatic carbocycles. The van der Waals surface area contributed by atoms with Crippen molar-refractivity contribution >= 4 is 5.91 Å². The third-order valence-corrected chi connectivity index (χ3v) is 13.1. The minimum absolute atomic E-state index is 0.259. The molecule has 1 amide bonds. The van der Waals surface area contributed by atoms with E-state index in [9.17, 15) is 45.6 Å². The molecule has 0 radical (unpaired) electrons. The molecule has 0 aromatic rings. The van der Waals surface area contributed by atoms with Crippen molar-refractivity contribution in [2.24, 2.45) is 0 Å². The zero-order valence-electron chi connectivity index (χ0n) is 41.6. The summed E-state index contributed by atoms with van der Waals surface area (Å²) < 4.78 is 22.6. The van der Waals surface area contributed by atoms with Crippen LogP contribution in [-0.2, 0) is 23.7 Å². The van der Waals surface area contributed by atoms with Gasteiger partial charge in [0.15, 0.2) is 12.6 Å². The van der Waals surface area contributed by atoms with Gasteiger partial charge < -0.3 is 65.1 Å². The normalized spacial score (nSPS) is 26.8. The van der Waals surface area contributed by atoms with E-state index >= 15 is 0 Å². The summed E-state index contributed by atoms with van der Waals surface area (Å²) in [7, 11) is 0. The lowest BCUT2D eigenvalue weighted by Crippen LogP contribution is -2.65. The van der Waals surface area contributed by atoms with Gasteiger partial charge in [0, 0.05) is 6.42 Å². The summed E-state index contributed by atoms with van der Waals surface area (Å²) in [6, 6.07) is -0.932. The van der Waals surface area contributed by atoms with E-state index in [1.54, 1.807) is 6.08 Å². The van der Waals surface area contributed by atoms with Gasteiger partial charge in [0.1, 0.15) is 48.8 Å². The van der Waals surface area contributed by atoms with Gasteiger partial charge in [0.25, 0.3) is 0 Å². The summed E-state index contributed by atoms with van der Waals surface area (Å²) in [6.07, 6.45) is 29.4. The molecule has 2 aliphatic rings. The van der Waals surface area contributed by atoms with Crippen LogP contribution in [0.2, 0.25) is 0 Å². The number of carbonyl (C=O) groups is 1. The Balaban J connectivity index is 1.77. The van der Waals surface area contributed by atoms with Crippen LogP contribution < -0.4 is 5.32 Å². The molecule has 2 heterocycles. The van der Waals surface area contributed by atoms with Gasteiger partial charge in [-0.05, 0) is 44.9 Å². The van der Waals surface area contributed by atoms with E-state index in [1.165, 1.54) is 122 Å². The number of ether oxygens (including phenoxy) is 4. The van der Waals surface area contributed by atoms with Gasteiger partial charge >= 0.3 is 0 Å². The van der Waals surface area contributed by atoms with Gasteiger partial charge in [-0.3, -0.25) is 4.79 Å². The lowest BCUT2D eigenvalue weighted by Gasteiger charge is -2.46. The van der Waals surface area contributed by atoms with Crippen molar-refractivity contribution in [1.82, 2.24) is 5.32 Å². The minimum atomic E-state index is -1.79. The number of aliphatic hydroxyl groups excluding tert-OH is 8. The maximum Gasteiger partial charge on any atom is 0.220 e. The van der Waals surface area contributed by atoms with E-state index in [0.29, 0.717) is 12.8 Å². The third kappa shape index (κ3) is 26.8. The molecular weight excluding hydrogens is 859 g/mol. The molecule has 67 heavy (non-hydrogen) atoms. The molecule has 14 heteroatoms. The molecule has 2 aliphatic heterocycles. The topological polar surface area (TPSA) is 228 Å². The number of carbonyl (C=O) groups excluding carboxylic acids is 1. The fraction of sp³-hybridized carbons (Fsp3) is 0.868. The lowest BCUT2D eigenvalue weighted by atomic mass is 9.97. The SMILES string of the molecule is CCCCCCCCCCCCCCCCC/C=C/CC/C=C/CC/C=C/C(O)C(COC1OC(CO)C(OC2OC(CO)C(O)C(O)C2O)C(O)C1O)NC(=O)CCCCCCCCCC. The Morgan fingerprint density at radius 2 is 0.955 bits per heavy atom. The van der Waals surface area contributed by atoms with Crippen LogP contribution in [0.5, 0.6) is 0 Å². The average Bonchev–Trinajstić information content (AvgIpc) is 3.32. The van der Waals surface area contributed by atoms with Crippen LogP contribution in [0.25, 0.3) is 0 Å². The number of hydrogen-bond donors (Lipinski definition) is 9. The van der Waals surface area contributed by atoms with Crippen LogP contribution in [0.3, 0.4) is 0 Å². The molecule has 392 valence electrons. The highest BCUT2D eigenvalue weighted by Gasteiger charge is 2.51. The number of allylic oxidation sites excluding steroid dienone is 5. The highest BCUT2D eigenvalue weighted by Crippen LogP contribution is 2.30. The molecular formula is C53H97NO13. The number of hydrogen-bond acceptors (Lipinski definition) is 13. The Morgan fingerprint density at radius 1 is 0.522 bits per heavy atom. The van der Waals surface area contributed by atoms with E-state index in [1.807, 2.05) is 6.08 Å². The Hall–Kier alpha value is -1.79. The molecule has 0 aliphatic carbocycles. The van der Waals surface area contributed by atoms with E-state index in [2.05, 4.69) is 43.5 Å². The highest BCUT2D eigenvalue weighted by molar-refractivity contribution is 5.76. The molecule has 12 atom stereocenters. The second-order valence-electron chi connectivity index (χ2n) is 19.0. The Kier molecular flexibility index (Phi) is 36.5. The van der Waals surface area contributed by atoms with Gasteiger partial charge in [-0.15, -0.1) is 0 Å². The predicted molar refractivity (Wildman–Crippen MR) is 263 cm³/mol. The molecule has 0 saturated carbocycles. The molecule has 2 fully saturated rings. The van der Waals surface area contributed by atoms with Gasteiger partial charge in [-0.1, -0.05) is 185 Å². The van der Waals surface area contributed by atoms with Crippen molar-refractivity contribution in [3.8, 4) is 0 Å². The lowest BCUT2D eigenvalue weighted by molar-refractivity contribution is -0.359. The zero-order chi connectivity index (χ0) is 48.9. The summed E-state index contributed by atoms with van der Waals surface area (Å²) >= 11 is 0. The van der Waals surface area contributed by atoms with Crippen LogP contribution >= 0.6 is 0 Å². The fourth-order valence-electron chi connectivity index (χ4n) is 8.68.